The first kappa shape index (κ1) is 8.06. The van der Waals surface area contributed by atoms with E-state index in [1.165, 1.54) is 12.8 Å². The lowest BCUT2D eigenvalue weighted by molar-refractivity contribution is -0.0377. The van der Waals surface area contributed by atoms with Gasteiger partial charge in [0.15, 0.2) is 0 Å². The zero-order valence-corrected chi connectivity index (χ0v) is 7.26. The smallest absolute Gasteiger partial charge is 0.0575 e. The molecule has 1 aliphatic rings. The summed E-state index contributed by atoms with van der Waals surface area (Å²) < 4.78 is 5.61. The predicted octanol–water partition coefficient (Wildman–Crippen LogP) is 2.46. The summed E-state index contributed by atoms with van der Waals surface area (Å²) in [6.45, 7) is 7.78. The van der Waals surface area contributed by atoms with Crippen LogP contribution in [0.5, 0.6) is 0 Å². The first-order valence-corrected chi connectivity index (χ1v) is 4.35. The van der Waals surface area contributed by atoms with E-state index in [1.54, 1.807) is 0 Å². The van der Waals surface area contributed by atoms with Crippen LogP contribution in [0.25, 0.3) is 0 Å². The SMILES string of the molecule is CCC1C[C@@H](C)C(C)CO1. The highest BCUT2D eigenvalue weighted by Crippen LogP contribution is 2.25. The number of rotatable bonds is 1. The topological polar surface area (TPSA) is 9.23 Å². The maximum atomic E-state index is 5.61. The molecule has 0 amide bonds. The molecule has 3 atom stereocenters. The van der Waals surface area contributed by atoms with Gasteiger partial charge in [0.25, 0.3) is 0 Å². The van der Waals surface area contributed by atoms with Crippen LogP contribution in [0.3, 0.4) is 0 Å². The second-order valence-electron chi connectivity index (χ2n) is 3.55. The monoisotopic (exact) mass is 142 g/mol. The molecule has 1 saturated heterocycles. The van der Waals surface area contributed by atoms with E-state index in [2.05, 4.69) is 20.8 Å². The Labute approximate surface area is 63.8 Å². The quantitative estimate of drug-likeness (QED) is 0.546. The van der Waals surface area contributed by atoms with Gasteiger partial charge in [0.05, 0.1) is 6.10 Å². The molecule has 1 heterocycles. The molecule has 2 unspecified atom stereocenters. The maximum Gasteiger partial charge on any atom is 0.0575 e. The molecular weight excluding hydrogens is 124 g/mol. The standard InChI is InChI=1S/C9H18O/c1-4-9-5-7(2)8(3)6-10-9/h7-9H,4-6H2,1-3H3/t7-,8?,9?/m1/s1. The fourth-order valence-electron chi connectivity index (χ4n) is 1.45. The van der Waals surface area contributed by atoms with E-state index in [0.29, 0.717) is 6.10 Å². The Morgan fingerprint density at radius 2 is 2.00 bits per heavy atom. The predicted molar refractivity (Wildman–Crippen MR) is 43.0 cm³/mol. The normalized spacial score (nSPS) is 41.7. The summed E-state index contributed by atoms with van der Waals surface area (Å²) >= 11 is 0. The molecule has 0 aromatic rings. The van der Waals surface area contributed by atoms with Crippen LogP contribution in [0.4, 0.5) is 0 Å². The molecule has 0 saturated carbocycles. The van der Waals surface area contributed by atoms with Gasteiger partial charge in [-0.05, 0) is 24.7 Å². The third-order valence-corrected chi connectivity index (χ3v) is 2.66. The lowest BCUT2D eigenvalue weighted by Gasteiger charge is -2.31. The first-order valence-electron chi connectivity index (χ1n) is 4.35. The number of hydrogen-bond acceptors (Lipinski definition) is 1. The molecule has 1 rings (SSSR count). The summed E-state index contributed by atoms with van der Waals surface area (Å²) in [5.41, 5.74) is 0. The Kier molecular flexibility index (Phi) is 2.72. The second kappa shape index (κ2) is 3.38. The molecule has 60 valence electrons. The van der Waals surface area contributed by atoms with Crippen molar-refractivity contribution in [2.24, 2.45) is 11.8 Å². The Balaban J connectivity index is 2.33. The minimum atomic E-state index is 0.547. The van der Waals surface area contributed by atoms with E-state index < -0.39 is 0 Å². The van der Waals surface area contributed by atoms with Crippen molar-refractivity contribution in [3.8, 4) is 0 Å². The fraction of sp³-hybridized carbons (Fsp3) is 1.00. The van der Waals surface area contributed by atoms with Crippen LogP contribution < -0.4 is 0 Å². The van der Waals surface area contributed by atoms with E-state index in [1.807, 2.05) is 0 Å². The molecular formula is C9H18O. The number of ether oxygens (including phenoxy) is 1. The third kappa shape index (κ3) is 1.72. The fourth-order valence-corrected chi connectivity index (χ4v) is 1.45. The number of hydrogen-bond donors (Lipinski definition) is 0. The zero-order valence-electron chi connectivity index (χ0n) is 7.26. The van der Waals surface area contributed by atoms with Crippen molar-refractivity contribution >= 4 is 0 Å². The third-order valence-electron chi connectivity index (χ3n) is 2.66. The molecule has 1 nitrogen and oxygen atoms in total. The first-order chi connectivity index (χ1) is 4.74. The molecule has 1 heteroatoms. The van der Waals surface area contributed by atoms with E-state index in [9.17, 15) is 0 Å². The summed E-state index contributed by atoms with van der Waals surface area (Å²) in [6.07, 6.45) is 2.99. The van der Waals surface area contributed by atoms with Gasteiger partial charge in [0.1, 0.15) is 0 Å². The van der Waals surface area contributed by atoms with Gasteiger partial charge in [0.2, 0.25) is 0 Å². The van der Waals surface area contributed by atoms with E-state index >= 15 is 0 Å². The van der Waals surface area contributed by atoms with Gasteiger partial charge in [-0.3, -0.25) is 0 Å². The molecule has 0 aliphatic carbocycles. The van der Waals surface area contributed by atoms with Gasteiger partial charge in [-0.1, -0.05) is 20.8 Å². The zero-order chi connectivity index (χ0) is 7.56. The Hall–Kier alpha value is -0.0400. The molecule has 0 aromatic carbocycles. The summed E-state index contributed by atoms with van der Waals surface area (Å²) in [5, 5.41) is 0. The lowest BCUT2D eigenvalue weighted by Crippen LogP contribution is -2.30. The molecule has 0 aromatic heterocycles. The molecule has 0 radical (unpaired) electrons. The highest BCUT2D eigenvalue weighted by atomic mass is 16.5. The summed E-state index contributed by atoms with van der Waals surface area (Å²) in [6, 6.07) is 0. The van der Waals surface area contributed by atoms with Crippen molar-refractivity contribution in [1.82, 2.24) is 0 Å². The molecule has 0 bridgehead atoms. The summed E-state index contributed by atoms with van der Waals surface area (Å²) in [7, 11) is 0. The van der Waals surface area contributed by atoms with Crippen LogP contribution in [0.15, 0.2) is 0 Å². The highest BCUT2D eigenvalue weighted by molar-refractivity contribution is 4.72. The van der Waals surface area contributed by atoms with Gasteiger partial charge in [-0.25, -0.2) is 0 Å². The van der Waals surface area contributed by atoms with Crippen LogP contribution >= 0.6 is 0 Å². The second-order valence-corrected chi connectivity index (χ2v) is 3.55. The van der Waals surface area contributed by atoms with Crippen LogP contribution in [-0.2, 0) is 4.74 Å². The largest absolute Gasteiger partial charge is 0.378 e. The van der Waals surface area contributed by atoms with Gasteiger partial charge in [-0.2, -0.15) is 0 Å². The summed E-state index contributed by atoms with van der Waals surface area (Å²) in [4.78, 5) is 0. The van der Waals surface area contributed by atoms with Crippen molar-refractivity contribution in [2.45, 2.75) is 39.7 Å². The lowest BCUT2D eigenvalue weighted by atomic mass is 9.88. The van der Waals surface area contributed by atoms with Gasteiger partial charge in [-0.15, -0.1) is 0 Å². The molecule has 1 aliphatic heterocycles. The van der Waals surface area contributed by atoms with Crippen molar-refractivity contribution < 1.29 is 4.74 Å². The van der Waals surface area contributed by atoms with Crippen LogP contribution in [0.2, 0.25) is 0 Å². The average molecular weight is 142 g/mol. The van der Waals surface area contributed by atoms with Crippen molar-refractivity contribution in [2.75, 3.05) is 6.61 Å². The molecule has 1 fully saturated rings. The Morgan fingerprint density at radius 3 is 2.50 bits per heavy atom. The molecule has 0 N–H and O–H groups in total. The van der Waals surface area contributed by atoms with Crippen LogP contribution in [-0.4, -0.2) is 12.7 Å². The van der Waals surface area contributed by atoms with E-state index in [0.717, 1.165) is 18.4 Å². The maximum absolute atomic E-state index is 5.61. The van der Waals surface area contributed by atoms with Gasteiger partial charge >= 0.3 is 0 Å². The Morgan fingerprint density at radius 1 is 1.30 bits per heavy atom. The average Bonchev–Trinajstić information content (AvgIpc) is 1.95. The van der Waals surface area contributed by atoms with Gasteiger partial charge < -0.3 is 4.74 Å². The molecule has 0 spiro atoms. The Bertz CT molecular complexity index is 101. The summed E-state index contributed by atoms with van der Waals surface area (Å²) in [5.74, 6) is 1.63. The highest BCUT2D eigenvalue weighted by Gasteiger charge is 2.23. The van der Waals surface area contributed by atoms with Gasteiger partial charge in [0, 0.05) is 6.61 Å². The minimum absolute atomic E-state index is 0.547. The van der Waals surface area contributed by atoms with Crippen LogP contribution in [0, 0.1) is 11.8 Å². The van der Waals surface area contributed by atoms with Crippen molar-refractivity contribution in [3.63, 3.8) is 0 Å². The molecule has 10 heavy (non-hydrogen) atoms. The van der Waals surface area contributed by atoms with Crippen molar-refractivity contribution in [1.29, 1.82) is 0 Å². The van der Waals surface area contributed by atoms with E-state index in [-0.39, 0.29) is 0 Å². The minimum Gasteiger partial charge on any atom is -0.378 e. The van der Waals surface area contributed by atoms with Crippen molar-refractivity contribution in [3.05, 3.63) is 0 Å². The van der Waals surface area contributed by atoms with E-state index in [4.69, 9.17) is 4.74 Å². The van der Waals surface area contributed by atoms with Crippen LogP contribution in [0.1, 0.15) is 33.6 Å².